The van der Waals surface area contributed by atoms with Crippen LogP contribution >= 0.6 is 22.9 Å². The number of rotatable bonds is 6. The Morgan fingerprint density at radius 2 is 1.90 bits per heavy atom. The Kier molecular flexibility index (Phi) is 7.88. The number of aromatic nitrogens is 1. The SMILES string of the molecule is CCOC(=O)C1=C(C)N=c2sc(=Cc3cc([N+](=O)[O-])ccc3N3CCN(C)CC3)c(=O)n2C1c1ccc(Cl)cc1. The van der Waals surface area contributed by atoms with Gasteiger partial charge in [-0.2, -0.15) is 0 Å². The summed E-state index contributed by atoms with van der Waals surface area (Å²) in [5.74, 6) is -0.547. The first-order valence-electron chi connectivity index (χ1n) is 12.8. The van der Waals surface area contributed by atoms with E-state index < -0.39 is 16.9 Å². The molecular weight excluding hydrogens is 554 g/mol. The van der Waals surface area contributed by atoms with E-state index in [9.17, 15) is 19.7 Å². The van der Waals surface area contributed by atoms with Gasteiger partial charge in [-0.05, 0) is 50.7 Å². The third-order valence-corrected chi connectivity index (χ3v) is 8.29. The first-order chi connectivity index (χ1) is 19.2. The number of thiazole rings is 1. The van der Waals surface area contributed by atoms with Crippen molar-refractivity contribution in [3.63, 3.8) is 0 Å². The van der Waals surface area contributed by atoms with E-state index in [1.165, 1.54) is 28.0 Å². The molecule has 5 rings (SSSR count). The molecule has 1 fully saturated rings. The molecule has 0 bridgehead atoms. The fourth-order valence-corrected chi connectivity index (χ4v) is 6.16. The molecule has 0 saturated carbocycles. The van der Waals surface area contributed by atoms with Crippen molar-refractivity contribution in [1.29, 1.82) is 0 Å². The second kappa shape index (κ2) is 11.4. The number of carbonyl (C=O) groups is 1. The molecule has 1 atom stereocenters. The molecule has 2 aliphatic rings. The molecule has 12 heteroatoms. The quantitative estimate of drug-likeness (QED) is 0.250. The molecule has 208 valence electrons. The molecule has 3 heterocycles. The molecule has 0 amide bonds. The van der Waals surface area contributed by atoms with Crippen LogP contribution in [-0.4, -0.2) is 60.2 Å². The molecule has 3 aromatic rings. The molecule has 2 aromatic carbocycles. The molecule has 1 unspecified atom stereocenters. The third kappa shape index (κ3) is 5.32. The fourth-order valence-electron chi connectivity index (χ4n) is 5.00. The van der Waals surface area contributed by atoms with Crippen LogP contribution in [0.1, 0.15) is 31.0 Å². The van der Waals surface area contributed by atoms with Gasteiger partial charge < -0.3 is 14.5 Å². The van der Waals surface area contributed by atoms with Crippen molar-refractivity contribution in [2.75, 3.05) is 44.7 Å². The lowest BCUT2D eigenvalue weighted by atomic mass is 9.96. The Bertz CT molecular complexity index is 1690. The lowest BCUT2D eigenvalue weighted by Crippen LogP contribution is -2.44. The zero-order valence-corrected chi connectivity index (χ0v) is 23.9. The van der Waals surface area contributed by atoms with Gasteiger partial charge in [-0.1, -0.05) is 35.1 Å². The summed E-state index contributed by atoms with van der Waals surface area (Å²) < 4.78 is 7.18. The molecule has 0 radical (unpaired) electrons. The first-order valence-corrected chi connectivity index (χ1v) is 14.0. The molecule has 1 aromatic heterocycles. The molecule has 2 aliphatic heterocycles. The van der Waals surface area contributed by atoms with E-state index in [1.807, 2.05) is 0 Å². The van der Waals surface area contributed by atoms with Crippen molar-refractivity contribution in [1.82, 2.24) is 9.47 Å². The van der Waals surface area contributed by atoms with Crippen molar-refractivity contribution in [3.05, 3.63) is 99.7 Å². The zero-order chi connectivity index (χ0) is 28.6. The lowest BCUT2D eigenvalue weighted by molar-refractivity contribution is -0.384. The Morgan fingerprint density at radius 3 is 2.55 bits per heavy atom. The summed E-state index contributed by atoms with van der Waals surface area (Å²) in [5, 5.41) is 12.1. The number of nitro groups is 1. The van der Waals surface area contributed by atoms with Crippen LogP contribution in [0.2, 0.25) is 5.02 Å². The molecule has 0 spiro atoms. The normalized spacial score (nSPS) is 17.9. The average Bonchev–Trinajstić information content (AvgIpc) is 3.23. The summed E-state index contributed by atoms with van der Waals surface area (Å²) in [6, 6.07) is 10.9. The van der Waals surface area contributed by atoms with Gasteiger partial charge in [-0.25, -0.2) is 9.79 Å². The molecule has 0 N–H and O–H groups in total. The van der Waals surface area contributed by atoms with Gasteiger partial charge >= 0.3 is 5.97 Å². The highest BCUT2D eigenvalue weighted by Crippen LogP contribution is 2.32. The summed E-state index contributed by atoms with van der Waals surface area (Å²) in [4.78, 5) is 47.6. The van der Waals surface area contributed by atoms with Crippen LogP contribution in [0, 0.1) is 10.1 Å². The van der Waals surface area contributed by atoms with Crippen LogP contribution in [0.4, 0.5) is 11.4 Å². The third-order valence-electron chi connectivity index (χ3n) is 7.06. The number of anilines is 1. The maximum Gasteiger partial charge on any atom is 0.338 e. The van der Waals surface area contributed by atoms with Gasteiger partial charge in [-0.15, -0.1) is 0 Å². The second-order valence-corrected chi connectivity index (χ2v) is 11.1. The lowest BCUT2D eigenvalue weighted by Gasteiger charge is -2.34. The zero-order valence-electron chi connectivity index (χ0n) is 22.3. The molecular formula is C28H28ClN5O5S. The highest BCUT2D eigenvalue weighted by atomic mass is 35.5. The van der Waals surface area contributed by atoms with Crippen molar-refractivity contribution in [2.24, 2.45) is 4.99 Å². The van der Waals surface area contributed by atoms with E-state index in [2.05, 4.69) is 21.8 Å². The molecule has 40 heavy (non-hydrogen) atoms. The number of hydrogen-bond donors (Lipinski definition) is 0. The number of carbonyl (C=O) groups excluding carboxylic acids is 1. The molecule has 0 aliphatic carbocycles. The molecule has 10 nitrogen and oxygen atoms in total. The minimum Gasteiger partial charge on any atom is -0.463 e. The van der Waals surface area contributed by atoms with Crippen LogP contribution in [0.3, 0.4) is 0 Å². The molecule has 1 saturated heterocycles. The van der Waals surface area contributed by atoms with Gasteiger partial charge in [-0.3, -0.25) is 19.5 Å². The van der Waals surface area contributed by atoms with Gasteiger partial charge in [0.2, 0.25) is 0 Å². The number of hydrogen-bond acceptors (Lipinski definition) is 9. The minimum absolute atomic E-state index is 0.0589. The Labute approximate surface area is 239 Å². The van der Waals surface area contributed by atoms with E-state index in [4.69, 9.17) is 16.3 Å². The highest BCUT2D eigenvalue weighted by Gasteiger charge is 2.33. The first kappa shape index (κ1) is 27.8. The number of likely N-dealkylation sites (N-methyl/N-ethyl adjacent to an activating group) is 1. The number of halogens is 1. The van der Waals surface area contributed by atoms with Crippen LogP contribution in [0.5, 0.6) is 0 Å². The smallest absolute Gasteiger partial charge is 0.338 e. The van der Waals surface area contributed by atoms with Crippen molar-refractivity contribution in [3.8, 4) is 0 Å². The predicted octanol–water partition coefficient (Wildman–Crippen LogP) is 3.11. The highest BCUT2D eigenvalue weighted by molar-refractivity contribution is 7.07. The van der Waals surface area contributed by atoms with Gasteiger partial charge in [0.05, 0.1) is 33.4 Å². The Balaban J connectivity index is 1.70. The number of piperazine rings is 1. The topological polar surface area (TPSA) is 110 Å². The standard InChI is InChI=1S/C28H28ClN5O5S/c1-4-39-27(36)24-17(2)30-28-33(25(24)18-5-7-20(29)8-6-18)26(35)23(40-28)16-19-15-21(34(37)38)9-10-22(19)32-13-11-31(3)12-14-32/h5-10,15-16,25H,4,11-14H2,1-3H3. The summed E-state index contributed by atoms with van der Waals surface area (Å²) in [5.41, 5.74) is 2.40. The fraction of sp³-hybridized carbons (Fsp3) is 0.321. The van der Waals surface area contributed by atoms with E-state index in [-0.39, 0.29) is 23.4 Å². The second-order valence-electron chi connectivity index (χ2n) is 9.64. The van der Waals surface area contributed by atoms with Crippen LogP contribution < -0.4 is 19.8 Å². The number of allylic oxidation sites excluding steroid dienone is 1. The van der Waals surface area contributed by atoms with E-state index in [0.29, 0.717) is 31.2 Å². The van der Waals surface area contributed by atoms with Crippen LogP contribution in [0.15, 0.2) is 63.5 Å². The van der Waals surface area contributed by atoms with Gasteiger partial charge in [0.1, 0.15) is 0 Å². The predicted molar refractivity (Wildman–Crippen MR) is 155 cm³/mol. The monoisotopic (exact) mass is 581 g/mol. The number of ether oxygens (including phenoxy) is 1. The van der Waals surface area contributed by atoms with Gasteiger partial charge in [0.15, 0.2) is 4.80 Å². The van der Waals surface area contributed by atoms with Crippen molar-refractivity contribution >= 4 is 46.4 Å². The Hall–Kier alpha value is -3.80. The van der Waals surface area contributed by atoms with Crippen molar-refractivity contribution in [2.45, 2.75) is 19.9 Å². The van der Waals surface area contributed by atoms with Gasteiger partial charge in [0.25, 0.3) is 11.2 Å². The maximum atomic E-state index is 14.0. The average molecular weight is 582 g/mol. The Morgan fingerprint density at radius 1 is 1.20 bits per heavy atom. The summed E-state index contributed by atoms with van der Waals surface area (Å²) in [7, 11) is 2.05. The van der Waals surface area contributed by atoms with E-state index in [0.717, 1.165) is 31.9 Å². The number of non-ortho nitro benzene ring substituents is 1. The minimum atomic E-state index is -0.767. The number of nitrogens with zero attached hydrogens (tertiary/aromatic N) is 5. The maximum absolute atomic E-state index is 14.0. The van der Waals surface area contributed by atoms with E-state index >= 15 is 0 Å². The summed E-state index contributed by atoms with van der Waals surface area (Å²) >= 11 is 7.31. The number of nitro benzene ring substituents is 1. The number of esters is 1. The van der Waals surface area contributed by atoms with Crippen molar-refractivity contribution < 1.29 is 14.5 Å². The summed E-state index contributed by atoms with van der Waals surface area (Å²) in [6.45, 7) is 6.85. The van der Waals surface area contributed by atoms with Crippen LogP contribution in [-0.2, 0) is 9.53 Å². The largest absolute Gasteiger partial charge is 0.463 e. The van der Waals surface area contributed by atoms with Gasteiger partial charge in [0, 0.05) is 54.6 Å². The van der Waals surface area contributed by atoms with E-state index in [1.54, 1.807) is 50.3 Å². The summed E-state index contributed by atoms with van der Waals surface area (Å²) in [6.07, 6.45) is 1.69. The van der Waals surface area contributed by atoms with Crippen LogP contribution in [0.25, 0.3) is 6.08 Å². The number of benzene rings is 2. The number of fused-ring (bicyclic) bond motifs is 1.